The van der Waals surface area contributed by atoms with Crippen molar-refractivity contribution < 1.29 is 24.2 Å². The van der Waals surface area contributed by atoms with Crippen molar-refractivity contribution in [2.45, 2.75) is 59.1 Å². The lowest BCUT2D eigenvalue weighted by molar-refractivity contribution is -0.150. The summed E-state index contributed by atoms with van der Waals surface area (Å²) in [6.07, 6.45) is 2.36. The zero-order valence-corrected chi connectivity index (χ0v) is 19.4. The Hall–Kier alpha value is -2.86. The monoisotopic (exact) mass is 441 g/mol. The summed E-state index contributed by atoms with van der Waals surface area (Å²) in [4.78, 5) is 25.9. The fourth-order valence-electron chi connectivity index (χ4n) is 3.33. The number of carboxylic acids is 1. The summed E-state index contributed by atoms with van der Waals surface area (Å²) in [5.74, 6) is -0.452. The zero-order chi connectivity index (χ0) is 23.3. The normalized spacial score (nSPS) is 11.7. The van der Waals surface area contributed by atoms with E-state index in [1.165, 1.54) is 5.56 Å². The van der Waals surface area contributed by atoms with Gasteiger partial charge in [-0.3, -0.25) is 4.79 Å². The molecule has 6 heteroatoms. The second-order valence-corrected chi connectivity index (χ2v) is 7.76. The minimum Gasteiger partial charge on any atom is -0.484 e. The summed E-state index contributed by atoms with van der Waals surface area (Å²) in [5, 5.41) is 9.22. The Kier molecular flexibility index (Phi) is 10.7. The van der Waals surface area contributed by atoms with Gasteiger partial charge in [0, 0.05) is 26.1 Å². The van der Waals surface area contributed by atoms with Crippen LogP contribution in [0, 0.1) is 0 Å². The van der Waals surface area contributed by atoms with E-state index in [0.717, 1.165) is 30.4 Å². The van der Waals surface area contributed by atoms with Crippen LogP contribution >= 0.6 is 0 Å². The molecule has 0 saturated carbocycles. The first kappa shape index (κ1) is 25.4. The van der Waals surface area contributed by atoms with Gasteiger partial charge in [0.05, 0.1) is 0 Å². The fourth-order valence-corrected chi connectivity index (χ4v) is 3.33. The first-order valence-corrected chi connectivity index (χ1v) is 11.4. The lowest BCUT2D eigenvalue weighted by Crippen LogP contribution is -2.35. The smallest absolute Gasteiger partial charge is 0.333 e. The van der Waals surface area contributed by atoms with Gasteiger partial charge in [-0.25, -0.2) is 4.79 Å². The molecule has 0 saturated heterocycles. The molecule has 0 spiro atoms. The molecule has 6 nitrogen and oxygen atoms in total. The van der Waals surface area contributed by atoms with Crippen LogP contribution in [0.1, 0.15) is 50.3 Å². The summed E-state index contributed by atoms with van der Waals surface area (Å²) in [6, 6.07) is 15.5. The molecular weight excluding hydrogens is 406 g/mol. The van der Waals surface area contributed by atoms with Crippen molar-refractivity contribution in [2.24, 2.45) is 0 Å². The second-order valence-electron chi connectivity index (χ2n) is 7.76. The Balaban J connectivity index is 1.93. The maximum Gasteiger partial charge on any atom is 0.333 e. The number of ether oxygens (including phenoxy) is 2. The van der Waals surface area contributed by atoms with Crippen LogP contribution in [0.5, 0.6) is 5.75 Å². The van der Waals surface area contributed by atoms with Crippen LogP contribution in [0.3, 0.4) is 0 Å². The summed E-state index contributed by atoms with van der Waals surface area (Å²) in [7, 11) is 0. The van der Waals surface area contributed by atoms with Gasteiger partial charge in [-0.1, -0.05) is 56.7 Å². The van der Waals surface area contributed by atoms with Crippen LogP contribution in [-0.4, -0.2) is 47.7 Å². The summed E-state index contributed by atoms with van der Waals surface area (Å²) in [5.41, 5.74) is 3.23. The lowest BCUT2D eigenvalue weighted by Gasteiger charge is -2.23. The molecule has 0 aromatic heterocycles. The van der Waals surface area contributed by atoms with Gasteiger partial charge in [0.1, 0.15) is 5.75 Å². The number of hydrogen-bond acceptors (Lipinski definition) is 4. The number of carbonyl (C=O) groups excluding carboxylic acids is 1. The highest BCUT2D eigenvalue weighted by Gasteiger charge is 2.18. The van der Waals surface area contributed by atoms with E-state index >= 15 is 0 Å². The average Bonchev–Trinajstić information content (AvgIpc) is 2.81. The number of carboxylic acid groups (broad SMARTS) is 1. The van der Waals surface area contributed by atoms with Gasteiger partial charge in [-0.15, -0.1) is 0 Å². The van der Waals surface area contributed by atoms with E-state index in [0.29, 0.717) is 25.4 Å². The predicted octanol–water partition coefficient (Wildman–Crippen LogP) is 4.49. The summed E-state index contributed by atoms with van der Waals surface area (Å²) < 4.78 is 11.0. The molecule has 0 bridgehead atoms. The third-order valence-corrected chi connectivity index (χ3v) is 5.29. The van der Waals surface area contributed by atoms with E-state index in [1.807, 2.05) is 4.90 Å². The van der Waals surface area contributed by atoms with Crippen molar-refractivity contribution in [3.8, 4) is 5.75 Å². The van der Waals surface area contributed by atoms with Crippen molar-refractivity contribution in [2.75, 3.05) is 19.8 Å². The third-order valence-electron chi connectivity index (χ3n) is 5.29. The molecule has 1 amide bonds. The Labute approximate surface area is 191 Å². The molecule has 0 fully saturated rings. The Bertz CT molecular complexity index is 832. The van der Waals surface area contributed by atoms with E-state index in [1.54, 1.807) is 31.2 Å². The van der Waals surface area contributed by atoms with Crippen molar-refractivity contribution >= 4 is 11.9 Å². The van der Waals surface area contributed by atoms with Crippen molar-refractivity contribution in [1.82, 2.24) is 4.90 Å². The van der Waals surface area contributed by atoms with E-state index in [9.17, 15) is 14.7 Å². The molecule has 2 rings (SSSR count). The second kappa shape index (κ2) is 13.5. The number of unbranched alkanes of at least 4 members (excludes halogenated alkanes) is 1. The maximum absolute atomic E-state index is 12.8. The number of rotatable bonds is 14. The van der Waals surface area contributed by atoms with Gasteiger partial charge < -0.3 is 19.5 Å². The number of aliphatic carboxylic acids is 1. The highest BCUT2D eigenvalue weighted by molar-refractivity contribution is 5.77. The van der Waals surface area contributed by atoms with E-state index in [-0.39, 0.29) is 18.9 Å². The topological polar surface area (TPSA) is 76.1 Å². The molecule has 2 aromatic carbocycles. The number of nitrogens with zero attached hydrogens (tertiary/aromatic N) is 1. The number of hydrogen-bond donors (Lipinski definition) is 1. The van der Waals surface area contributed by atoms with Gasteiger partial charge in [0.15, 0.2) is 12.7 Å². The first-order valence-electron chi connectivity index (χ1n) is 11.4. The molecular formula is C26H35NO5. The minimum absolute atomic E-state index is 0.0349. The molecule has 0 heterocycles. The largest absolute Gasteiger partial charge is 0.484 e. The van der Waals surface area contributed by atoms with Gasteiger partial charge in [0.25, 0.3) is 5.91 Å². The van der Waals surface area contributed by atoms with Gasteiger partial charge in [0.2, 0.25) is 0 Å². The fraction of sp³-hybridized carbons (Fsp3) is 0.462. The SMILES string of the molecule is CCCCN(Cc1ccc(CC)cc1)C(=O)COc1ccc(C[C@H](OCC)C(=O)O)cc1. The summed E-state index contributed by atoms with van der Waals surface area (Å²) in [6.45, 7) is 7.58. The predicted molar refractivity (Wildman–Crippen MR) is 125 cm³/mol. The summed E-state index contributed by atoms with van der Waals surface area (Å²) >= 11 is 0. The van der Waals surface area contributed by atoms with Crippen LogP contribution in [0.15, 0.2) is 48.5 Å². The molecule has 1 N–H and O–H groups in total. The quantitative estimate of drug-likeness (QED) is 0.467. The molecule has 0 aliphatic heterocycles. The standard InChI is InChI=1S/C26H35NO5/c1-4-7-16-27(18-22-10-8-20(5-2)9-11-22)25(28)19-32-23-14-12-21(13-15-23)17-24(26(29)30)31-6-3/h8-15,24H,4-7,16-19H2,1-3H3,(H,29,30)/t24-/m0/s1. The van der Waals surface area contributed by atoms with Crippen LogP contribution < -0.4 is 4.74 Å². The number of carbonyl (C=O) groups is 2. The van der Waals surface area contributed by atoms with E-state index in [4.69, 9.17) is 9.47 Å². The molecule has 1 atom stereocenters. The van der Waals surface area contributed by atoms with Crippen LogP contribution in [0.2, 0.25) is 0 Å². The third kappa shape index (κ3) is 8.35. The van der Waals surface area contributed by atoms with Crippen molar-refractivity contribution in [3.63, 3.8) is 0 Å². The molecule has 32 heavy (non-hydrogen) atoms. The van der Waals surface area contributed by atoms with Crippen molar-refractivity contribution in [1.29, 1.82) is 0 Å². The number of amides is 1. The minimum atomic E-state index is -0.978. The molecule has 0 aliphatic rings. The van der Waals surface area contributed by atoms with Crippen molar-refractivity contribution in [3.05, 3.63) is 65.2 Å². The van der Waals surface area contributed by atoms with Gasteiger partial charge in [-0.2, -0.15) is 0 Å². The van der Waals surface area contributed by atoms with Gasteiger partial charge in [-0.05, 0) is 48.6 Å². The zero-order valence-electron chi connectivity index (χ0n) is 19.4. The van der Waals surface area contributed by atoms with Gasteiger partial charge >= 0.3 is 5.97 Å². The van der Waals surface area contributed by atoms with E-state index in [2.05, 4.69) is 38.1 Å². The maximum atomic E-state index is 12.8. The Morgan fingerprint density at radius 2 is 1.56 bits per heavy atom. The average molecular weight is 442 g/mol. The van der Waals surface area contributed by atoms with Crippen LogP contribution in [0.4, 0.5) is 0 Å². The van der Waals surface area contributed by atoms with Crippen LogP contribution in [-0.2, 0) is 33.7 Å². The molecule has 2 aromatic rings. The number of aryl methyl sites for hydroxylation is 1. The lowest BCUT2D eigenvalue weighted by atomic mass is 10.1. The highest BCUT2D eigenvalue weighted by Crippen LogP contribution is 2.16. The Morgan fingerprint density at radius 1 is 0.938 bits per heavy atom. The Morgan fingerprint density at radius 3 is 2.12 bits per heavy atom. The molecule has 0 unspecified atom stereocenters. The first-order chi connectivity index (χ1) is 15.5. The highest BCUT2D eigenvalue weighted by atomic mass is 16.5. The molecule has 0 aliphatic carbocycles. The molecule has 174 valence electrons. The molecule has 0 radical (unpaired) electrons. The number of benzene rings is 2. The van der Waals surface area contributed by atoms with Crippen LogP contribution in [0.25, 0.3) is 0 Å². The van der Waals surface area contributed by atoms with E-state index < -0.39 is 12.1 Å².